The van der Waals surface area contributed by atoms with Crippen LogP contribution in [-0.4, -0.2) is 7.11 Å². The molecule has 0 saturated carbocycles. The molecular weight excluding hydrogens is 280 g/mol. The van der Waals surface area contributed by atoms with Crippen molar-refractivity contribution in [3.05, 3.63) is 52.6 Å². The van der Waals surface area contributed by atoms with E-state index in [-0.39, 0.29) is 10.8 Å². The van der Waals surface area contributed by atoms with Crippen LogP contribution >= 0.6 is 0 Å². The summed E-state index contributed by atoms with van der Waals surface area (Å²) < 4.78 is 5.73. The maximum Gasteiger partial charge on any atom is 0.127 e. The molecule has 0 bridgehead atoms. The molecule has 1 aliphatic carbocycles. The number of hydrogen-bond donors (Lipinski definition) is 0. The third-order valence-electron chi connectivity index (χ3n) is 4.74. The van der Waals surface area contributed by atoms with Crippen molar-refractivity contribution in [2.24, 2.45) is 0 Å². The lowest BCUT2D eigenvalue weighted by molar-refractivity contribution is 0.414. The van der Waals surface area contributed by atoms with Crippen LogP contribution in [0.3, 0.4) is 0 Å². The zero-order valence-electron chi connectivity index (χ0n) is 15.4. The van der Waals surface area contributed by atoms with E-state index in [4.69, 9.17) is 4.74 Å². The first-order valence-corrected chi connectivity index (χ1v) is 8.38. The van der Waals surface area contributed by atoms with Gasteiger partial charge in [-0.3, -0.25) is 0 Å². The quantitative estimate of drug-likeness (QED) is 0.563. The summed E-state index contributed by atoms with van der Waals surface area (Å²) in [5, 5.41) is 0. The Morgan fingerprint density at radius 3 is 2.22 bits per heavy atom. The Labute approximate surface area is 140 Å². The van der Waals surface area contributed by atoms with E-state index in [1.165, 1.54) is 33.4 Å². The Bertz CT molecular complexity index is 755. The van der Waals surface area contributed by atoms with Crippen LogP contribution in [0.25, 0.3) is 11.1 Å². The van der Waals surface area contributed by atoms with E-state index in [1.807, 2.05) is 0 Å². The number of methoxy groups -OCH3 is 1. The highest BCUT2D eigenvalue weighted by molar-refractivity contribution is 5.82. The monoisotopic (exact) mass is 307 g/mol. The largest absolute Gasteiger partial charge is 0.496 e. The molecule has 0 fully saturated rings. The summed E-state index contributed by atoms with van der Waals surface area (Å²) in [5.74, 6) is 0.978. The van der Waals surface area contributed by atoms with Gasteiger partial charge in [0.1, 0.15) is 5.75 Å². The van der Waals surface area contributed by atoms with Gasteiger partial charge < -0.3 is 4.74 Å². The van der Waals surface area contributed by atoms with Crippen LogP contribution in [-0.2, 0) is 17.3 Å². The van der Waals surface area contributed by atoms with Crippen molar-refractivity contribution < 1.29 is 4.74 Å². The maximum atomic E-state index is 5.73. The van der Waals surface area contributed by atoms with Crippen molar-refractivity contribution in [3.63, 3.8) is 0 Å². The molecule has 121 valence electrons. The Kier molecular flexibility index (Phi) is 3.59. The van der Waals surface area contributed by atoms with Crippen LogP contribution in [0.15, 0.2) is 24.3 Å². The first-order chi connectivity index (χ1) is 10.6. The van der Waals surface area contributed by atoms with Crippen LogP contribution in [0.5, 0.6) is 5.75 Å². The molecule has 0 spiro atoms. The summed E-state index contributed by atoms with van der Waals surface area (Å²) in [4.78, 5) is 0. The normalized spacial score (nSPS) is 13.7. The fourth-order valence-corrected chi connectivity index (χ4v) is 3.25. The number of fused-ring (bicyclic) bond motifs is 3. The highest BCUT2D eigenvalue weighted by Gasteiger charge is 2.27. The van der Waals surface area contributed by atoms with Gasteiger partial charge in [-0.25, -0.2) is 0 Å². The molecule has 0 saturated heterocycles. The number of benzene rings is 2. The molecule has 0 unspecified atom stereocenters. The Morgan fingerprint density at radius 2 is 1.65 bits per heavy atom. The molecule has 0 aromatic heterocycles. The highest BCUT2D eigenvalue weighted by atomic mass is 16.5. The van der Waals surface area contributed by atoms with Crippen molar-refractivity contribution in [2.75, 3.05) is 7.11 Å². The van der Waals surface area contributed by atoms with Crippen LogP contribution in [0.4, 0.5) is 0 Å². The average molecular weight is 307 g/mol. The minimum Gasteiger partial charge on any atom is -0.496 e. The van der Waals surface area contributed by atoms with Gasteiger partial charge in [0.15, 0.2) is 0 Å². The van der Waals surface area contributed by atoms with Gasteiger partial charge in [0.2, 0.25) is 0 Å². The molecule has 0 atom stereocenters. The highest BCUT2D eigenvalue weighted by Crippen LogP contribution is 2.45. The van der Waals surface area contributed by atoms with E-state index in [0.29, 0.717) is 0 Å². The third kappa shape index (κ3) is 2.78. The van der Waals surface area contributed by atoms with Gasteiger partial charge in [0.25, 0.3) is 0 Å². The zero-order chi connectivity index (χ0) is 17.0. The molecule has 2 aromatic carbocycles. The SMILES string of the molecule is COc1cc(C(C)(C)C)[c]c2c1-c1ccc(C(C)(C)C)cc1C2. The lowest BCUT2D eigenvalue weighted by Crippen LogP contribution is -2.12. The van der Waals surface area contributed by atoms with Crippen molar-refractivity contribution in [2.45, 2.75) is 58.8 Å². The topological polar surface area (TPSA) is 9.23 Å². The summed E-state index contributed by atoms with van der Waals surface area (Å²) in [6.07, 6.45) is 0.953. The molecule has 1 aliphatic rings. The maximum absolute atomic E-state index is 5.73. The lowest BCUT2D eigenvalue weighted by atomic mass is 9.84. The molecule has 0 heterocycles. The van der Waals surface area contributed by atoms with E-state index < -0.39 is 0 Å². The second kappa shape index (κ2) is 5.12. The summed E-state index contributed by atoms with van der Waals surface area (Å²) in [7, 11) is 1.77. The minimum atomic E-state index is 0.0770. The second-order valence-electron chi connectivity index (χ2n) is 8.65. The van der Waals surface area contributed by atoms with E-state index in [0.717, 1.165) is 12.2 Å². The van der Waals surface area contributed by atoms with Gasteiger partial charge in [-0.2, -0.15) is 0 Å². The van der Waals surface area contributed by atoms with Gasteiger partial charge >= 0.3 is 0 Å². The number of hydrogen-bond acceptors (Lipinski definition) is 1. The molecule has 1 heteroatoms. The van der Waals surface area contributed by atoms with E-state index in [9.17, 15) is 0 Å². The van der Waals surface area contributed by atoms with Crippen LogP contribution in [0.1, 0.15) is 63.8 Å². The van der Waals surface area contributed by atoms with Gasteiger partial charge in [0.05, 0.1) is 7.11 Å². The smallest absolute Gasteiger partial charge is 0.127 e. The van der Waals surface area contributed by atoms with Crippen LogP contribution < -0.4 is 4.74 Å². The Hall–Kier alpha value is -1.76. The van der Waals surface area contributed by atoms with Gasteiger partial charge in [-0.1, -0.05) is 59.7 Å². The summed E-state index contributed by atoms with van der Waals surface area (Å²) in [6.45, 7) is 13.5. The van der Waals surface area contributed by atoms with Gasteiger partial charge in [-0.05, 0) is 57.2 Å². The predicted molar refractivity (Wildman–Crippen MR) is 97.5 cm³/mol. The molecule has 0 amide bonds. The van der Waals surface area contributed by atoms with Crippen molar-refractivity contribution in [1.82, 2.24) is 0 Å². The first-order valence-electron chi connectivity index (χ1n) is 8.38. The number of rotatable bonds is 1. The fraction of sp³-hybridized carbons (Fsp3) is 0.455. The van der Waals surface area contributed by atoms with Crippen molar-refractivity contribution in [1.29, 1.82) is 0 Å². The fourth-order valence-electron chi connectivity index (χ4n) is 3.25. The standard InChI is InChI=1S/C22H27O/c1-21(2,3)16-8-9-18-14(11-16)10-15-12-17(22(4,5)6)13-19(23-7)20(15)18/h8-9,11,13H,10H2,1-7H3. The van der Waals surface area contributed by atoms with E-state index in [2.05, 4.69) is 71.9 Å². The van der Waals surface area contributed by atoms with Crippen molar-refractivity contribution >= 4 is 0 Å². The molecule has 0 aliphatic heterocycles. The van der Waals surface area contributed by atoms with Crippen LogP contribution in [0, 0.1) is 6.07 Å². The molecule has 3 rings (SSSR count). The van der Waals surface area contributed by atoms with Crippen LogP contribution in [0.2, 0.25) is 0 Å². The molecular formula is C22H27O. The first kappa shape index (κ1) is 16.1. The van der Waals surface area contributed by atoms with E-state index in [1.54, 1.807) is 7.11 Å². The zero-order valence-corrected chi connectivity index (χ0v) is 15.4. The van der Waals surface area contributed by atoms with Gasteiger partial charge in [-0.15, -0.1) is 0 Å². The van der Waals surface area contributed by atoms with Gasteiger partial charge in [0, 0.05) is 5.56 Å². The number of ether oxygens (including phenoxy) is 1. The minimum absolute atomic E-state index is 0.0770. The van der Waals surface area contributed by atoms with E-state index >= 15 is 0 Å². The summed E-state index contributed by atoms with van der Waals surface area (Å²) in [5.41, 5.74) is 8.07. The Morgan fingerprint density at radius 1 is 0.957 bits per heavy atom. The van der Waals surface area contributed by atoms with Crippen molar-refractivity contribution in [3.8, 4) is 16.9 Å². The average Bonchev–Trinajstić information content (AvgIpc) is 2.81. The molecule has 23 heavy (non-hydrogen) atoms. The molecule has 0 N–H and O–H groups in total. The summed E-state index contributed by atoms with van der Waals surface area (Å²) in [6, 6.07) is 12.7. The predicted octanol–water partition coefficient (Wildman–Crippen LogP) is 5.66. The molecule has 1 radical (unpaired) electrons. The third-order valence-corrected chi connectivity index (χ3v) is 4.74. The summed E-state index contributed by atoms with van der Waals surface area (Å²) >= 11 is 0. The second-order valence-corrected chi connectivity index (χ2v) is 8.65. The Balaban J connectivity index is 2.16. The molecule has 1 nitrogen and oxygen atoms in total. The molecule has 2 aromatic rings. The lowest BCUT2D eigenvalue weighted by Gasteiger charge is -2.21.